The topological polar surface area (TPSA) is 64.7 Å². The van der Waals surface area contributed by atoms with Crippen molar-refractivity contribution in [2.75, 3.05) is 6.54 Å². The van der Waals surface area contributed by atoms with Gasteiger partial charge in [0.1, 0.15) is 5.69 Å². The molecule has 1 unspecified atom stereocenters. The second kappa shape index (κ2) is 5.58. The Labute approximate surface area is 127 Å². The number of aromatic nitrogens is 3. The third kappa shape index (κ3) is 2.60. The van der Waals surface area contributed by atoms with Crippen LogP contribution in [0.5, 0.6) is 0 Å². The van der Waals surface area contributed by atoms with E-state index in [9.17, 15) is 0 Å². The Balaban J connectivity index is 2.00. The number of rotatable bonds is 2. The number of hydrogen-bond acceptors (Lipinski definition) is 4. The van der Waals surface area contributed by atoms with E-state index in [0.717, 1.165) is 47.5 Å². The highest BCUT2D eigenvalue weighted by Crippen LogP contribution is 2.27. The number of halogens is 1. The van der Waals surface area contributed by atoms with Crippen molar-refractivity contribution in [1.29, 1.82) is 0 Å². The fraction of sp³-hybridized carbons (Fsp3) is 0.400. The molecule has 2 aromatic heterocycles. The van der Waals surface area contributed by atoms with Gasteiger partial charge in [0.2, 0.25) is 0 Å². The zero-order chi connectivity index (χ0) is 14.1. The maximum atomic E-state index is 5.79. The first kappa shape index (κ1) is 13.6. The number of hydrogen-bond donors (Lipinski definition) is 1. The van der Waals surface area contributed by atoms with Crippen molar-refractivity contribution >= 4 is 15.9 Å². The minimum atomic E-state index is 0.571. The van der Waals surface area contributed by atoms with E-state index in [1.807, 2.05) is 12.1 Å². The molecule has 1 aliphatic carbocycles. The van der Waals surface area contributed by atoms with Crippen molar-refractivity contribution in [1.82, 2.24) is 15.0 Å². The van der Waals surface area contributed by atoms with Gasteiger partial charge in [-0.15, -0.1) is 0 Å². The highest BCUT2D eigenvalue weighted by molar-refractivity contribution is 9.10. The summed E-state index contributed by atoms with van der Waals surface area (Å²) in [6, 6.07) is 3.90. The van der Waals surface area contributed by atoms with E-state index in [1.165, 1.54) is 11.3 Å². The van der Waals surface area contributed by atoms with Crippen molar-refractivity contribution in [3.63, 3.8) is 0 Å². The van der Waals surface area contributed by atoms with Crippen LogP contribution in [0.2, 0.25) is 0 Å². The van der Waals surface area contributed by atoms with Gasteiger partial charge in [0.05, 0.1) is 0 Å². The molecule has 0 fully saturated rings. The zero-order valence-electron chi connectivity index (χ0n) is 11.4. The quantitative estimate of drug-likeness (QED) is 0.918. The first-order valence-corrected chi connectivity index (χ1v) is 7.65. The second-order valence-corrected chi connectivity index (χ2v) is 6.18. The molecule has 0 amide bonds. The molecule has 4 nitrogen and oxygen atoms in total. The average Bonchev–Trinajstić information content (AvgIpc) is 2.47. The van der Waals surface area contributed by atoms with Crippen molar-refractivity contribution in [3.8, 4) is 11.5 Å². The van der Waals surface area contributed by atoms with Crippen molar-refractivity contribution in [3.05, 3.63) is 39.8 Å². The molecule has 0 aliphatic heterocycles. The summed E-state index contributed by atoms with van der Waals surface area (Å²) in [6.07, 6.45) is 4.89. The molecule has 0 aromatic carbocycles. The summed E-state index contributed by atoms with van der Waals surface area (Å²) in [5, 5.41) is 0. The lowest BCUT2D eigenvalue weighted by Crippen LogP contribution is -2.24. The van der Waals surface area contributed by atoms with Gasteiger partial charge in [-0.05, 0) is 72.3 Å². The van der Waals surface area contributed by atoms with E-state index < -0.39 is 0 Å². The first-order chi connectivity index (χ1) is 9.67. The Morgan fingerprint density at radius 1 is 1.35 bits per heavy atom. The van der Waals surface area contributed by atoms with E-state index >= 15 is 0 Å². The highest BCUT2D eigenvalue weighted by Gasteiger charge is 2.22. The largest absolute Gasteiger partial charge is 0.330 e. The Hall–Kier alpha value is -1.33. The van der Waals surface area contributed by atoms with Gasteiger partial charge in [0.15, 0.2) is 5.82 Å². The van der Waals surface area contributed by atoms with Crippen LogP contribution in [-0.4, -0.2) is 21.5 Å². The molecule has 2 heterocycles. The highest BCUT2D eigenvalue weighted by atomic mass is 79.9. The maximum absolute atomic E-state index is 5.79. The third-order valence-electron chi connectivity index (χ3n) is 3.87. The molecule has 2 N–H and O–H groups in total. The van der Waals surface area contributed by atoms with Crippen LogP contribution in [0.1, 0.15) is 23.4 Å². The lowest BCUT2D eigenvalue weighted by Gasteiger charge is -2.24. The Kier molecular flexibility index (Phi) is 3.81. The van der Waals surface area contributed by atoms with Gasteiger partial charge < -0.3 is 5.73 Å². The number of aryl methyl sites for hydroxylation is 2. The second-order valence-electron chi connectivity index (χ2n) is 5.26. The predicted molar refractivity (Wildman–Crippen MR) is 82.3 cm³/mol. The SMILES string of the molecule is Cc1nc(-c2ccc(Br)cn2)nc2c1CC(CN)CC2. The van der Waals surface area contributed by atoms with Gasteiger partial charge in [-0.2, -0.15) is 0 Å². The van der Waals surface area contributed by atoms with Crippen molar-refractivity contribution in [2.24, 2.45) is 11.7 Å². The molecule has 1 atom stereocenters. The molecule has 0 radical (unpaired) electrons. The zero-order valence-corrected chi connectivity index (χ0v) is 13.0. The van der Waals surface area contributed by atoms with Crippen molar-refractivity contribution < 1.29 is 0 Å². The minimum Gasteiger partial charge on any atom is -0.330 e. The summed E-state index contributed by atoms with van der Waals surface area (Å²) in [6.45, 7) is 2.80. The van der Waals surface area contributed by atoms with Crippen LogP contribution in [0.25, 0.3) is 11.5 Å². The molecule has 0 spiro atoms. The van der Waals surface area contributed by atoms with E-state index in [-0.39, 0.29) is 0 Å². The first-order valence-electron chi connectivity index (χ1n) is 6.85. The van der Waals surface area contributed by atoms with E-state index in [0.29, 0.717) is 5.92 Å². The van der Waals surface area contributed by atoms with Crippen LogP contribution in [-0.2, 0) is 12.8 Å². The molecule has 3 rings (SSSR count). The van der Waals surface area contributed by atoms with Gasteiger partial charge in [-0.1, -0.05) is 0 Å². The number of pyridine rings is 1. The van der Waals surface area contributed by atoms with Gasteiger partial charge in [0, 0.05) is 22.1 Å². The number of nitrogens with zero attached hydrogens (tertiary/aromatic N) is 3. The summed E-state index contributed by atoms with van der Waals surface area (Å²) >= 11 is 3.39. The fourth-order valence-corrected chi connectivity index (χ4v) is 2.92. The fourth-order valence-electron chi connectivity index (χ4n) is 2.68. The molecule has 5 heteroatoms. The summed E-state index contributed by atoms with van der Waals surface area (Å²) < 4.78 is 0.960. The summed E-state index contributed by atoms with van der Waals surface area (Å²) in [5.74, 6) is 1.29. The minimum absolute atomic E-state index is 0.571. The van der Waals surface area contributed by atoms with Crippen LogP contribution < -0.4 is 5.73 Å². The Bertz CT molecular complexity index is 625. The van der Waals surface area contributed by atoms with Gasteiger partial charge >= 0.3 is 0 Å². The van der Waals surface area contributed by atoms with E-state index in [4.69, 9.17) is 10.7 Å². The van der Waals surface area contributed by atoms with Gasteiger partial charge in [-0.3, -0.25) is 4.98 Å². The lowest BCUT2D eigenvalue weighted by molar-refractivity contribution is 0.460. The van der Waals surface area contributed by atoms with Crippen LogP contribution in [0.4, 0.5) is 0 Å². The summed E-state index contributed by atoms with van der Waals surface area (Å²) in [5.41, 5.74) is 10.1. The number of fused-ring (bicyclic) bond motifs is 1. The molecule has 1 aliphatic rings. The molecule has 0 bridgehead atoms. The summed E-state index contributed by atoms with van der Waals surface area (Å²) in [4.78, 5) is 13.7. The summed E-state index contributed by atoms with van der Waals surface area (Å²) in [7, 11) is 0. The molecule has 0 saturated carbocycles. The Morgan fingerprint density at radius 2 is 2.20 bits per heavy atom. The molecule has 0 saturated heterocycles. The van der Waals surface area contributed by atoms with Crippen molar-refractivity contribution in [2.45, 2.75) is 26.2 Å². The normalized spacial score (nSPS) is 17.9. The van der Waals surface area contributed by atoms with Gasteiger partial charge in [-0.25, -0.2) is 9.97 Å². The smallest absolute Gasteiger partial charge is 0.178 e. The van der Waals surface area contributed by atoms with Crippen LogP contribution >= 0.6 is 15.9 Å². The maximum Gasteiger partial charge on any atom is 0.178 e. The Morgan fingerprint density at radius 3 is 2.90 bits per heavy atom. The van der Waals surface area contributed by atoms with Crippen LogP contribution in [0, 0.1) is 12.8 Å². The van der Waals surface area contributed by atoms with E-state index in [2.05, 4.69) is 32.8 Å². The molecule has 2 aromatic rings. The lowest BCUT2D eigenvalue weighted by atomic mass is 9.86. The van der Waals surface area contributed by atoms with Crippen LogP contribution in [0.3, 0.4) is 0 Å². The molecular formula is C15H17BrN4. The number of nitrogens with two attached hydrogens (primary N) is 1. The van der Waals surface area contributed by atoms with E-state index in [1.54, 1.807) is 6.20 Å². The third-order valence-corrected chi connectivity index (χ3v) is 4.34. The van der Waals surface area contributed by atoms with Gasteiger partial charge in [0.25, 0.3) is 0 Å². The standard InChI is InChI=1S/C15H17BrN4/c1-9-12-6-10(7-17)2-4-13(12)20-15(19-9)14-5-3-11(16)8-18-14/h3,5,8,10H,2,4,6-7,17H2,1H3. The molecule has 20 heavy (non-hydrogen) atoms. The monoisotopic (exact) mass is 332 g/mol. The predicted octanol–water partition coefficient (Wildman–Crippen LogP) is 2.67. The average molecular weight is 333 g/mol. The van der Waals surface area contributed by atoms with Crippen LogP contribution in [0.15, 0.2) is 22.8 Å². The molecular weight excluding hydrogens is 316 g/mol. The molecule has 104 valence electrons.